The smallest absolute Gasteiger partial charge is 0.226 e. The zero-order valence-electron chi connectivity index (χ0n) is 35.1. The average Bonchev–Trinajstić information content (AvgIpc) is 3.82. The lowest BCUT2D eigenvalue weighted by atomic mass is 9.95. The molecular formula is C58H47N5. The van der Waals surface area contributed by atoms with Crippen molar-refractivity contribution < 1.29 is 0 Å². The van der Waals surface area contributed by atoms with Crippen LogP contribution in [0.15, 0.2) is 223 Å². The maximum Gasteiger partial charge on any atom is 0.226 e. The van der Waals surface area contributed by atoms with Gasteiger partial charge < -0.3 is 14.0 Å². The minimum atomic E-state index is -0.123. The van der Waals surface area contributed by atoms with Gasteiger partial charge in [-0.3, -0.25) is 0 Å². The predicted octanol–water partition coefficient (Wildman–Crippen LogP) is 13.9. The Bertz CT molecular complexity index is 3180. The van der Waals surface area contributed by atoms with Crippen LogP contribution in [-0.2, 0) is 0 Å². The number of rotatable bonds is 8. The summed E-state index contributed by atoms with van der Waals surface area (Å²) < 4.78 is 4.54. The van der Waals surface area contributed by atoms with E-state index >= 15 is 0 Å². The van der Waals surface area contributed by atoms with Crippen molar-refractivity contribution in [3.63, 3.8) is 0 Å². The molecular weight excluding hydrogens is 767 g/mol. The van der Waals surface area contributed by atoms with Crippen molar-refractivity contribution in [2.75, 3.05) is 4.90 Å². The van der Waals surface area contributed by atoms with Crippen LogP contribution in [0.5, 0.6) is 0 Å². The van der Waals surface area contributed by atoms with E-state index in [1.165, 1.54) is 56.1 Å². The van der Waals surface area contributed by atoms with Gasteiger partial charge in [-0.1, -0.05) is 127 Å². The first kappa shape index (κ1) is 37.3. The molecule has 1 saturated carbocycles. The van der Waals surface area contributed by atoms with Crippen LogP contribution in [0.4, 0.5) is 5.69 Å². The fourth-order valence-electron chi connectivity index (χ4n) is 10.2. The molecule has 2 aliphatic carbocycles. The molecule has 5 nitrogen and oxygen atoms in total. The second-order valence-corrected chi connectivity index (χ2v) is 17.4. The van der Waals surface area contributed by atoms with E-state index in [9.17, 15) is 0 Å². The van der Waals surface area contributed by atoms with Gasteiger partial charge in [-0.2, -0.15) is 0 Å². The molecule has 1 aliphatic heterocycles. The van der Waals surface area contributed by atoms with Gasteiger partial charge in [0, 0.05) is 52.7 Å². The molecule has 2 unspecified atom stereocenters. The summed E-state index contributed by atoms with van der Waals surface area (Å²) in [6.45, 7) is 0. The highest BCUT2D eigenvalue weighted by Crippen LogP contribution is 2.53. The van der Waals surface area contributed by atoms with Crippen LogP contribution in [-0.4, -0.2) is 26.8 Å². The summed E-state index contributed by atoms with van der Waals surface area (Å²) in [6.07, 6.45) is 10.8. The highest BCUT2D eigenvalue weighted by molar-refractivity contribution is 6.14. The molecule has 1 fully saturated rings. The number of anilines is 1. The number of aliphatic imine (C=N–C) groups is 2. The van der Waals surface area contributed by atoms with Gasteiger partial charge in [0.1, 0.15) is 0 Å². The molecule has 0 bridgehead atoms. The van der Waals surface area contributed by atoms with Gasteiger partial charge in [0.15, 0.2) is 0 Å². The van der Waals surface area contributed by atoms with E-state index in [1.807, 2.05) is 0 Å². The van der Waals surface area contributed by atoms with Crippen molar-refractivity contribution in [2.45, 2.75) is 37.8 Å². The van der Waals surface area contributed by atoms with Crippen LogP contribution >= 0.6 is 0 Å². The summed E-state index contributed by atoms with van der Waals surface area (Å²) >= 11 is 0. The van der Waals surface area contributed by atoms with Crippen LogP contribution in [0.25, 0.3) is 49.9 Å². The van der Waals surface area contributed by atoms with Gasteiger partial charge in [0.25, 0.3) is 0 Å². The molecule has 12 rings (SSSR count). The summed E-state index contributed by atoms with van der Waals surface area (Å²) in [5.41, 5.74) is 14.5. The maximum absolute atomic E-state index is 5.71. The molecule has 4 atom stereocenters. The zero-order valence-corrected chi connectivity index (χ0v) is 35.1. The second-order valence-electron chi connectivity index (χ2n) is 17.4. The molecule has 7 aromatic carbocycles. The summed E-state index contributed by atoms with van der Waals surface area (Å²) in [7, 11) is 0. The van der Waals surface area contributed by atoms with E-state index in [-0.39, 0.29) is 12.1 Å². The topological polar surface area (TPSA) is 37.8 Å². The Labute approximate surface area is 368 Å². The van der Waals surface area contributed by atoms with E-state index in [2.05, 4.69) is 227 Å². The van der Waals surface area contributed by atoms with Crippen molar-refractivity contribution in [1.29, 1.82) is 0 Å². The number of allylic oxidation sites excluding steroid dienone is 1. The van der Waals surface area contributed by atoms with Crippen molar-refractivity contribution in [2.24, 2.45) is 21.8 Å². The highest BCUT2D eigenvalue weighted by atomic mass is 15.3. The van der Waals surface area contributed by atoms with E-state index < -0.39 is 0 Å². The summed E-state index contributed by atoms with van der Waals surface area (Å²) in [5, 5.41) is 2.40. The average molecular weight is 814 g/mol. The molecule has 0 amide bonds. The number of hydrogen-bond donors (Lipinski definition) is 0. The summed E-state index contributed by atoms with van der Waals surface area (Å²) in [4.78, 5) is 13.8. The molecule has 9 aromatic rings. The molecule has 63 heavy (non-hydrogen) atoms. The molecule has 0 N–H and O–H groups in total. The first-order chi connectivity index (χ1) is 31.2. The van der Waals surface area contributed by atoms with Gasteiger partial charge in [-0.15, -0.1) is 0 Å². The van der Waals surface area contributed by atoms with E-state index in [4.69, 9.17) is 9.98 Å². The third kappa shape index (κ3) is 7.10. The summed E-state index contributed by atoms with van der Waals surface area (Å²) in [5.74, 6) is 2.02. The van der Waals surface area contributed by atoms with E-state index in [0.29, 0.717) is 18.3 Å². The largest absolute Gasteiger partial charge is 0.317 e. The summed E-state index contributed by atoms with van der Waals surface area (Å²) in [6, 6.07) is 70.2. The molecule has 0 saturated heterocycles. The number of aromatic nitrogens is 2. The van der Waals surface area contributed by atoms with Crippen molar-refractivity contribution >= 4 is 44.7 Å². The quantitative estimate of drug-likeness (QED) is 0.151. The maximum atomic E-state index is 5.71. The van der Waals surface area contributed by atoms with Crippen molar-refractivity contribution in [3.8, 4) is 22.5 Å². The Hall–Kier alpha value is -7.50. The molecule has 3 heterocycles. The normalized spacial score (nSPS) is 19.5. The molecule has 304 valence electrons. The Kier molecular flexibility index (Phi) is 9.32. The number of benzene rings is 7. The Morgan fingerprint density at radius 1 is 0.508 bits per heavy atom. The van der Waals surface area contributed by atoms with Gasteiger partial charge in [-0.05, 0) is 137 Å². The van der Waals surface area contributed by atoms with Crippen LogP contribution in [0, 0.1) is 11.8 Å². The number of para-hydroxylation sites is 2. The Morgan fingerprint density at radius 2 is 1.08 bits per heavy atom. The minimum absolute atomic E-state index is 0.123. The van der Waals surface area contributed by atoms with Crippen LogP contribution in [0.3, 0.4) is 0 Å². The monoisotopic (exact) mass is 813 g/mol. The van der Waals surface area contributed by atoms with E-state index in [0.717, 1.165) is 47.1 Å². The third-order valence-electron chi connectivity index (χ3n) is 13.5. The fraction of sp³-hybridized carbons (Fsp3) is 0.138. The molecule has 0 radical (unpaired) electrons. The SMILES string of the molecule is C1=C(c2ccccc2)[C@@H]2C[C@H]2CC(N(C2=NC(c3ccc4c(ccn4-c4ccccc4)c3)CC(c3ccc4c(ccn4-c4ccccc4)c3)=N2)c2ccc(-c3ccccc3)cc2)C1. The Morgan fingerprint density at radius 3 is 1.75 bits per heavy atom. The van der Waals surface area contributed by atoms with Crippen molar-refractivity contribution in [1.82, 2.24) is 9.13 Å². The van der Waals surface area contributed by atoms with Crippen LogP contribution in [0.2, 0.25) is 0 Å². The zero-order chi connectivity index (χ0) is 41.7. The number of nitrogens with zero attached hydrogens (tertiary/aromatic N) is 5. The van der Waals surface area contributed by atoms with Gasteiger partial charge in [0.05, 0.1) is 22.8 Å². The molecule has 0 spiro atoms. The molecule has 2 aromatic heterocycles. The number of fused-ring (bicyclic) bond motifs is 3. The Balaban J connectivity index is 0.988. The lowest BCUT2D eigenvalue weighted by Crippen LogP contribution is -2.41. The lowest BCUT2D eigenvalue weighted by Gasteiger charge is -2.35. The van der Waals surface area contributed by atoms with Gasteiger partial charge in [0.2, 0.25) is 5.96 Å². The number of guanidine groups is 1. The molecule has 3 aliphatic rings. The minimum Gasteiger partial charge on any atom is -0.317 e. The second kappa shape index (κ2) is 15.8. The lowest BCUT2D eigenvalue weighted by molar-refractivity contribution is 0.564. The predicted molar refractivity (Wildman–Crippen MR) is 261 cm³/mol. The van der Waals surface area contributed by atoms with Gasteiger partial charge in [-0.25, -0.2) is 9.98 Å². The molecule has 5 heteroatoms. The first-order valence-corrected chi connectivity index (χ1v) is 22.4. The standard InChI is InChI=1S/C58H47N5/c1-5-13-40(14-6-1)41-21-25-50(26-22-41)63(51-27-28-52(53-38-47(53)37-51)42-15-7-2-8-16-42)58-59-54(43-23-29-56-45(35-43)31-33-61(56)48-17-9-3-10-18-48)39-55(60-58)44-24-30-57-46(36-44)32-34-62(57)49-19-11-4-12-20-49/h1-26,28-36,47,51,53-54H,27,37-39H2/t47-,51?,53-,54?/m1/s1. The van der Waals surface area contributed by atoms with E-state index in [1.54, 1.807) is 0 Å². The first-order valence-electron chi connectivity index (χ1n) is 22.4. The highest BCUT2D eigenvalue weighted by Gasteiger charge is 2.45. The number of hydrogen-bond acceptors (Lipinski definition) is 3. The third-order valence-corrected chi connectivity index (χ3v) is 13.5. The van der Waals surface area contributed by atoms with Crippen LogP contribution in [0.1, 0.15) is 48.4 Å². The van der Waals surface area contributed by atoms with Crippen LogP contribution < -0.4 is 4.90 Å². The van der Waals surface area contributed by atoms with Gasteiger partial charge >= 0.3 is 0 Å². The van der Waals surface area contributed by atoms with Crippen molar-refractivity contribution in [3.05, 3.63) is 229 Å². The fourth-order valence-corrected chi connectivity index (χ4v) is 10.2.